The van der Waals surface area contributed by atoms with Crippen molar-refractivity contribution in [1.82, 2.24) is 5.43 Å². The van der Waals surface area contributed by atoms with Gasteiger partial charge in [-0.05, 0) is 79.4 Å². The Morgan fingerprint density at radius 3 is 2.25 bits per heavy atom. The number of carbonyl (C=O) groups excluding carboxylic acids is 1. The van der Waals surface area contributed by atoms with Crippen molar-refractivity contribution in [2.75, 3.05) is 0 Å². The van der Waals surface area contributed by atoms with E-state index in [1.807, 2.05) is 42.5 Å². The smallest absolute Gasteiger partial charge is 0.271 e. The van der Waals surface area contributed by atoms with E-state index in [0.29, 0.717) is 17.9 Å². The Kier molecular flexibility index (Phi) is 7.42. The summed E-state index contributed by atoms with van der Waals surface area (Å²) < 4.78 is 8.40. The number of nitrogens with zero attached hydrogens (tertiary/aromatic N) is 1. The number of hydrogen-bond acceptors (Lipinski definition) is 3. The van der Waals surface area contributed by atoms with Crippen molar-refractivity contribution < 1.29 is 9.53 Å². The standard InChI is InChI=1S/C21H15Br3N2O2/c22-17-8-6-16(7-9-17)21(27)26-25-12-15-10-18(23)20(19(24)11-15)28-13-14-4-2-1-3-5-14/h1-12H,13H2,(H,26,27)/b25-12-. The topological polar surface area (TPSA) is 50.7 Å². The molecule has 1 N–H and O–H groups in total. The molecule has 0 radical (unpaired) electrons. The van der Waals surface area contributed by atoms with Crippen LogP contribution in [0.2, 0.25) is 0 Å². The molecule has 0 saturated heterocycles. The normalized spacial score (nSPS) is 10.8. The van der Waals surface area contributed by atoms with Gasteiger partial charge in [-0.2, -0.15) is 5.10 Å². The van der Waals surface area contributed by atoms with Crippen LogP contribution >= 0.6 is 47.8 Å². The SMILES string of the molecule is O=C(N/N=C\c1cc(Br)c(OCc2ccccc2)c(Br)c1)c1ccc(Br)cc1. The quantitative estimate of drug-likeness (QED) is 0.280. The number of benzene rings is 3. The summed E-state index contributed by atoms with van der Waals surface area (Å²) in [6, 6.07) is 20.8. The third kappa shape index (κ3) is 5.77. The third-order valence-corrected chi connectivity index (χ3v) is 5.44. The first kappa shape index (κ1) is 20.8. The Bertz CT molecular complexity index is 967. The first-order valence-corrected chi connectivity index (χ1v) is 10.7. The van der Waals surface area contributed by atoms with Crippen LogP contribution in [0, 0.1) is 0 Å². The summed E-state index contributed by atoms with van der Waals surface area (Å²) >= 11 is 10.4. The third-order valence-electron chi connectivity index (χ3n) is 3.73. The predicted octanol–water partition coefficient (Wildman–Crippen LogP) is 6.32. The molecule has 0 bridgehead atoms. The second kappa shape index (κ2) is 10.0. The number of hydrazone groups is 1. The highest BCUT2D eigenvalue weighted by molar-refractivity contribution is 9.11. The number of ether oxygens (including phenoxy) is 1. The van der Waals surface area contributed by atoms with Crippen molar-refractivity contribution in [2.24, 2.45) is 5.10 Å². The van der Waals surface area contributed by atoms with E-state index in [9.17, 15) is 4.79 Å². The number of amides is 1. The average molecular weight is 567 g/mol. The number of rotatable bonds is 6. The van der Waals surface area contributed by atoms with Crippen molar-refractivity contribution in [3.05, 3.63) is 96.8 Å². The Labute approximate surface area is 188 Å². The summed E-state index contributed by atoms with van der Waals surface area (Å²) in [7, 11) is 0. The maximum atomic E-state index is 12.1. The lowest BCUT2D eigenvalue weighted by atomic mass is 10.2. The molecular weight excluding hydrogens is 552 g/mol. The monoisotopic (exact) mass is 564 g/mol. The van der Waals surface area contributed by atoms with Crippen LogP contribution in [0.3, 0.4) is 0 Å². The van der Waals surface area contributed by atoms with E-state index in [0.717, 1.165) is 24.5 Å². The first-order valence-electron chi connectivity index (χ1n) is 8.27. The number of hydrogen-bond donors (Lipinski definition) is 1. The van der Waals surface area contributed by atoms with Gasteiger partial charge < -0.3 is 4.74 Å². The molecule has 0 saturated carbocycles. The summed E-state index contributed by atoms with van der Waals surface area (Å²) in [5.74, 6) is 0.435. The van der Waals surface area contributed by atoms with Crippen LogP contribution in [-0.4, -0.2) is 12.1 Å². The molecule has 0 spiro atoms. The Hall–Kier alpha value is -1.96. The zero-order valence-corrected chi connectivity index (χ0v) is 19.3. The minimum absolute atomic E-state index is 0.273. The highest BCUT2D eigenvalue weighted by atomic mass is 79.9. The highest BCUT2D eigenvalue weighted by Crippen LogP contribution is 2.35. The molecule has 7 heteroatoms. The Balaban J connectivity index is 1.64. The van der Waals surface area contributed by atoms with E-state index in [4.69, 9.17) is 4.74 Å². The van der Waals surface area contributed by atoms with Gasteiger partial charge in [-0.15, -0.1) is 0 Å². The Morgan fingerprint density at radius 2 is 1.61 bits per heavy atom. The summed E-state index contributed by atoms with van der Waals surface area (Å²) in [6.07, 6.45) is 1.58. The lowest BCUT2D eigenvalue weighted by Crippen LogP contribution is -2.17. The minimum atomic E-state index is -0.273. The molecule has 0 unspecified atom stereocenters. The van der Waals surface area contributed by atoms with Gasteiger partial charge in [-0.25, -0.2) is 5.43 Å². The van der Waals surface area contributed by atoms with E-state index < -0.39 is 0 Å². The second-order valence-corrected chi connectivity index (χ2v) is 8.42. The molecule has 0 aliphatic heterocycles. The number of halogens is 3. The minimum Gasteiger partial charge on any atom is -0.487 e. The van der Waals surface area contributed by atoms with Gasteiger partial charge in [0.15, 0.2) is 0 Å². The first-order chi connectivity index (χ1) is 13.5. The van der Waals surface area contributed by atoms with Gasteiger partial charge in [0.2, 0.25) is 0 Å². The zero-order valence-electron chi connectivity index (χ0n) is 14.5. The van der Waals surface area contributed by atoms with Gasteiger partial charge in [0.25, 0.3) is 5.91 Å². The van der Waals surface area contributed by atoms with Crippen LogP contribution in [0.5, 0.6) is 5.75 Å². The van der Waals surface area contributed by atoms with E-state index >= 15 is 0 Å². The summed E-state index contributed by atoms with van der Waals surface area (Å²) in [5, 5.41) is 4.03. The van der Waals surface area contributed by atoms with Crippen LogP contribution in [0.15, 0.2) is 85.2 Å². The van der Waals surface area contributed by atoms with Gasteiger partial charge in [0.1, 0.15) is 12.4 Å². The molecule has 3 rings (SSSR count). The molecule has 0 aromatic heterocycles. The van der Waals surface area contributed by atoms with E-state index in [1.54, 1.807) is 30.5 Å². The predicted molar refractivity (Wildman–Crippen MR) is 122 cm³/mol. The maximum absolute atomic E-state index is 12.1. The molecule has 3 aromatic carbocycles. The molecule has 4 nitrogen and oxygen atoms in total. The van der Waals surface area contributed by atoms with E-state index in [2.05, 4.69) is 58.3 Å². The second-order valence-electron chi connectivity index (χ2n) is 5.79. The Morgan fingerprint density at radius 1 is 0.964 bits per heavy atom. The average Bonchev–Trinajstić information content (AvgIpc) is 2.68. The summed E-state index contributed by atoms with van der Waals surface area (Å²) in [6.45, 7) is 0.467. The molecule has 0 fully saturated rings. The van der Waals surface area contributed by atoms with E-state index in [-0.39, 0.29) is 5.91 Å². The summed E-state index contributed by atoms with van der Waals surface area (Å²) in [4.78, 5) is 12.1. The molecule has 0 aliphatic carbocycles. The fourth-order valence-electron chi connectivity index (χ4n) is 2.35. The molecule has 3 aromatic rings. The lowest BCUT2D eigenvalue weighted by molar-refractivity contribution is 0.0955. The van der Waals surface area contributed by atoms with E-state index in [1.165, 1.54) is 0 Å². The molecule has 1 amide bonds. The van der Waals surface area contributed by atoms with Crippen molar-refractivity contribution in [2.45, 2.75) is 6.61 Å². The van der Waals surface area contributed by atoms with Crippen molar-refractivity contribution in [3.63, 3.8) is 0 Å². The highest BCUT2D eigenvalue weighted by Gasteiger charge is 2.09. The van der Waals surface area contributed by atoms with Crippen LogP contribution in [-0.2, 0) is 6.61 Å². The van der Waals surface area contributed by atoms with Gasteiger partial charge >= 0.3 is 0 Å². The molecule has 0 aliphatic rings. The number of carbonyl (C=O) groups is 1. The fraction of sp³-hybridized carbons (Fsp3) is 0.0476. The van der Waals surface area contributed by atoms with Crippen molar-refractivity contribution >= 4 is 59.9 Å². The maximum Gasteiger partial charge on any atom is 0.271 e. The van der Waals surface area contributed by atoms with Crippen LogP contribution in [0.4, 0.5) is 0 Å². The fourth-order valence-corrected chi connectivity index (χ4v) is 4.07. The van der Waals surface area contributed by atoms with Crippen LogP contribution in [0.25, 0.3) is 0 Å². The molecule has 28 heavy (non-hydrogen) atoms. The van der Waals surface area contributed by atoms with Crippen LogP contribution in [0.1, 0.15) is 21.5 Å². The van der Waals surface area contributed by atoms with Crippen LogP contribution < -0.4 is 10.2 Å². The molecule has 142 valence electrons. The van der Waals surface area contributed by atoms with Gasteiger partial charge in [0, 0.05) is 10.0 Å². The largest absolute Gasteiger partial charge is 0.487 e. The van der Waals surface area contributed by atoms with Gasteiger partial charge in [-0.3, -0.25) is 4.79 Å². The molecule has 0 atom stereocenters. The molecular formula is C21H15Br3N2O2. The van der Waals surface area contributed by atoms with Crippen molar-refractivity contribution in [1.29, 1.82) is 0 Å². The number of nitrogens with one attached hydrogen (secondary N) is 1. The summed E-state index contributed by atoms with van der Waals surface area (Å²) in [5.41, 5.74) is 4.95. The molecule has 0 heterocycles. The van der Waals surface area contributed by atoms with Gasteiger partial charge in [-0.1, -0.05) is 46.3 Å². The van der Waals surface area contributed by atoms with Crippen molar-refractivity contribution in [3.8, 4) is 5.75 Å². The lowest BCUT2D eigenvalue weighted by Gasteiger charge is -2.11. The zero-order chi connectivity index (χ0) is 19.9. The van der Waals surface area contributed by atoms with Gasteiger partial charge in [0.05, 0.1) is 15.2 Å².